The molecule has 0 heterocycles. The molecule has 0 N–H and O–H groups in total. The van der Waals surface area contributed by atoms with E-state index < -0.39 is 48.6 Å². The molecule has 0 bridgehead atoms. The lowest BCUT2D eigenvalue weighted by molar-refractivity contribution is -0.126. The van der Waals surface area contributed by atoms with Gasteiger partial charge in [0.2, 0.25) is 0 Å². The highest BCUT2D eigenvalue weighted by atomic mass is 32.2. The van der Waals surface area contributed by atoms with Crippen molar-refractivity contribution in [2.45, 2.75) is 25.2 Å². The lowest BCUT2D eigenvalue weighted by Crippen LogP contribution is -2.06. The first kappa shape index (κ1) is 18.7. The Bertz CT molecular complexity index is 362. The third-order valence-corrected chi connectivity index (χ3v) is 1.87. The van der Waals surface area contributed by atoms with Crippen molar-refractivity contribution in [3.05, 3.63) is 24.2 Å². The first-order chi connectivity index (χ1) is 8.89. The highest BCUT2D eigenvalue weighted by Crippen LogP contribution is 2.23. The van der Waals surface area contributed by atoms with Gasteiger partial charge in [-0.15, -0.1) is 0 Å². The Hall–Kier alpha value is -1.33. The Morgan fingerprint density at radius 3 is 1.40 bits per heavy atom. The maximum atomic E-state index is 12.6. The SMILES string of the molecule is O=S(OC(F)=CCC(F)(F)F)OC(F)=CCC(F)(F)F. The monoisotopic (exact) mass is 334 g/mol. The smallest absolute Gasteiger partial charge is 0.341 e. The zero-order valence-electron chi connectivity index (χ0n) is 9.23. The van der Waals surface area contributed by atoms with Crippen LogP contribution in [-0.4, -0.2) is 16.6 Å². The van der Waals surface area contributed by atoms with Gasteiger partial charge in [0.15, 0.2) is 0 Å². The van der Waals surface area contributed by atoms with Gasteiger partial charge in [0, 0.05) is 0 Å². The van der Waals surface area contributed by atoms with Gasteiger partial charge in [0.1, 0.15) is 0 Å². The molecule has 0 radical (unpaired) electrons. The maximum Gasteiger partial charge on any atom is 0.421 e. The Labute approximate surface area is 109 Å². The minimum atomic E-state index is -4.75. The molecule has 0 aromatic heterocycles. The molecule has 0 spiro atoms. The van der Waals surface area contributed by atoms with Crippen LogP contribution in [0.2, 0.25) is 0 Å². The Morgan fingerprint density at radius 1 is 0.850 bits per heavy atom. The van der Waals surface area contributed by atoms with Gasteiger partial charge >= 0.3 is 23.7 Å². The van der Waals surface area contributed by atoms with E-state index in [1.807, 2.05) is 0 Å². The molecule has 0 unspecified atom stereocenters. The van der Waals surface area contributed by atoms with E-state index >= 15 is 0 Å². The minimum absolute atomic E-state index is 0.154. The van der Waals surface area contributed by atoms with Crippen LogP contribution in [0.25, 0.3) is 0 Å². The second-order valence-electron chi connectivity index (χ2n) is 3.03. The predicted octanol–water partition coefficient (Wildman–Crippen LogP) is 4.12. The zero-order valence-corrected chi connectivity index (χ0v) is 10.0. The number of alkyl halides is 6. The van der Waals surface area contributed by atoms with Crippen molar-refractivity contribution in [1.29, 1.82) is 0 Å². The highest BCUT2D eigenvalue weighted by Gasteiger charge is 2.27. The summed E-state index contributed by atoms with van der Waals surface area (Å²) < 4.78 is 113. The Morgan fingerprint density at radius 2 is 1.15 bits per heavy atom. The lowest BCUT2D eigenvalue weighted by atomic mass is 10.4. The summed E-state index contributed by atoms with van der Waals surface area (Å²) in [6.45, 7) is 0. The highest BCUT2D eigenvalue weighted by molar-refractivity contribution is 7.75. The van der Waals surface area contributed by atoms with E-state index in [1.165, 1.54) is 0 Å². The molecule has 20 heavy (non-hydrogen) atoms. The molecule has 0 amide bonds. The van der Waals surface area contributed by atoms with Crippen molar-refractivity contribution in [3.8, 4) is 0 Å². The van der Waals surface area contributed by atoms with Crippen LogP contribution in [0.15, 0.2) is 24.2 Å². The van der Waals surface area contributed by atoms with Crippen molar-refractivity contribution in [2.24, 2.45) is 0 Å². The van der Waals surface area contributed by atoms with E-state index in [-0.39, 0.29) is 12.2 Å². The first-order valence-electron chi connectivity index (χ1n) is 4.52. The largest absolute Gasteiger partial charge is 0.421 e. The number of allylic oxidation sites excluding steroid dienone is 2. The van der Waals surface area contributed by atoms with Gasteiger partial charge in [-0.3, -0.25) is 0 Å². The van der Waals surface area contributed by atoms with Crippen molar-refractivity contribution < 1.29 is 47.7 Å². The van der Waals surface area contributed by atoms with Crippen LogP contribution in [0.4, 0.5) is 35.1 Å². The van der Waals surface area contributed by atoms with E-state index in [4.69, 9.17) is 0 Å². The molecular formula is C8H6F8O3S. The van der Waals surface area contributed by atoms with Gasteiger partial charge in [0.05, 0.1) is 12.8 Å². The van der Waals surface area contributed by atoms with Gasteiger partial charge < -0.3 is 8.37 Å². The van der Waals surface area contributed by atoms with Crippen molar-refractivity contribution in [3.63, 3.8) is 0 Å². The molecule has 0 fully saturated rings. The van der Waals surface area contributed by atoms with Gasteiger partial charge in [0.25, 0.3) is 12.0 Å². The minimum Gasteiger partial charge on any atom is -0.341 e. The van der Waals surface area contributed by atoms with Crippen molar-refractivity contribution in [2.75, 3.05) is 0 Å². The molecule has 3 nitrogen and oxygen atoms in total. The van der Waals surface area contributed by atoms with E-state index in [0.717, 1.165) is 0 Å². The lowest BCUT2D eigenvalue weighted by Gasteiger charge is -2.04. The van der Waals surface area contributed by atoms with E-state index in [2.05, 4.69) is 8.37 Å². The van der Waals surface area contributed by atoms with Crippen LogP contribution < -0.4 is 0 Å². The average molecular weight is 334 g/mol. The van der Waals surface area contributed by atoms with Crippen LogP contribution >= 0.6 is 0 Å². The van der Waals surface area contributed by atoms with Crippen LogP contribution in [0.1, 0.15) is 12.8 Å². The summed E-state index contributed by atoms with van der Waals surface area (Å²) in [5.74, 6) is 0. The maximum absolute atomic E-state index is 12.6. The molecule has 0 aliphatic carbocycles. The fourth-order valence-corrected chi connectivity index (χ4v) is 1.04. The fourth-order valence-electron chi connectivity index (χ4n) is 0.607. The second kappa shape index (κ2) is 7.45. The van der Waals surface area contributed by atoms with Gasteiger partial charge in [-0.05, 0) is 12.2 Å². The summed E-state index contributed by atoms with van der Waals surface area (Å²) in [6, 6.07) is -3.96. The average Bonchev–Trinajstić information content (AvgIpc) is 2.21. The van der Waals surface area contributed by atoms with Crippen molar-refractivity contribution in [1.82, 2.24) is 0 Å². The molecular weight excluding hydrogens is 328 g/mol. The molecule has 0 aromatic carbocycles. The zero-order chi connectivity index (χ0) is 16.0. The summed E-state index contributed by atoms with van der Waals surface area (Å²) in [6.07, 6.45) is -13.3. The van der Waals surface area contributed by atoms with Gasteiger partial charge in [-0.2, -0.15) is 39.3 Å². The van der Waals surface area contributed by atoms with Crippen LogP contribution in [0, 0.1) is 0 Å². The van der Waals surface area contributed by atoms with E-state index in [9.17, 15) is 39.3 Å². The summed E-state index contributed by atoms with van der Waals surface area (Å²) >= 11 is -3.26. The molecule has 118 valence electrons. The van der Waals surface area contributed by atoms with E-state index in [0.29, 0.717) is 0 Å². The second-order valence-corrected chi connectivity index (χ2v) is 3.77. The summed E-state index contributed by atoms with van der Waals surface area (Å²) in [7, 11) is 0. The fraction of sp³-hybridized carbons (Fsp3) is 0.500. The summed E-state index contributed by atoms with van der Waals surface area (Å²) in [4.78, 5) is 0. The number of hydrogen-bond acceptors (Lipinski definition) is 3. The van der Waals surface area contributed by atoms with Gasteiger partial charge in [-0.25, -0.2) is 0 Å². The normalized spacial score (nSPS) is 16.0. The molecule has 0 aromatic rings. The molecule has 0 saturated carbocycles. The van der Waals surface area contributed by atoms with Crippen LogP contribution in [0.5, 0.6) is 0 Å². The number of rotatable bonds is 6. The molecule has 0 saturated heterocycles. The molecule has 0 aliphatic heterocycles. The van der Waals surface area contributed by atoms with Crippen LogP contribution in [-0.2, 0) is 19.7 Å². The predicted molar refractivity (Wildman–Crippen MR) is 50.0 cm³/mol. The first-order valence-corrected chi connectivity index (χ1v) is 5.52. The molecule has 0 rings (SSSR count). The Balaban J connectivity index is 4.29. The molecule has 0 atom stereocenters. The Kier molecular flexibility index (Phi) is 6.96. The van der Waals surface area contributed by atoms with Crippen molar-refractivity contribution >= 4 is 11.4 Å². The number of hydrogen-bond donors (Lipinski definition) is 0. The summed E-state index contributed by atoms with van der Waals surface area (Å²) in [5.41, 5.74) is 0. The molecule has 0 aliphatic rings. The van der Waals surface area contributed by atoms with E-state index in [1.54, 1.807) is 0 Å². The topological polar surface area (TPSA) is 35.5 Å². The van der Waals surface area contributed by atoms with Gasteiger partial charge in [-0.1, -0.05) is 0 Å². The molecule has 12 heteroatoms. The standard InChI is InChI=1S/C8H6F8O3S/c9-5(1-3-7(11,12)13)18-20(17)19-6(10)2-4-8(14,15)16/h1-2H,3-4H2. The third kappa shape index (κ3) is 11.7. The summed E-state index contributed by atoms with van der Waals surface area (Å²) in [5, 5.41) is 0. The third-order valence-electron chi connectivity index (χ3n) is 1.28. The number of halogens is 8. The quantitative estimate of drug-likeness (QED) is 0.541. The van der Waals surface area contributed by atoms with Crippen LogP contribution in [0.3, 0.4) is 0 Å².